The number of hydrogen-bond acceptors (Lipinski definition) is 2. The minimum atomic E-state index is -4.74. The summed E-state index contributed by atoms with van der Waals surface area (Å²) in [6, 6.07) is 32.5. The van der Waals surface area contributed by atoms with Crippen molar-refractivity contribution in [2.24, 2.45) is 0 Å². The molecule has 0 spiro atoms. The van der Waals surface area contributed by atoms with Gasteiger partial charge in [0.1, 0.15) is 0 Å². The van der Waals surface area contributed by atoms with Crippen LogP contribution < -0.4 is 4.90 Å². The number of halogens is 6. The zero-order chi connectivity index (χ0) is 34.9. The molecule has 50 heavy (non-hydrogen) atoms. The standard InChI is InChI=1S/C40H22F6N2O2/c41-39(42,43)31-20-6-4-13-24(31)26-15-8-17-28-29-18-9-16-27(25-14-5-7-21-32(25)40(44,45)46)36(29)48(35(26)28)33-22-10-19-30-34(33)38(50)47(37(30)49)23-11-2-1-3-12-23/h1-22H. The van der Waals surface area contributed by atoms with Crippen LogP contribution in [-0.4, -0.2) is 16.4 Å². The Labute approximate surface area is 280 Å². The molecule has 0 bridgehead atoms. The molecule has 4 nitrogen and oxygen atoms in total. The summed E-state index contributed by atoms with van der Waals surface area (Å²) in [4.78, 5) is 29.1. The molecule has 2 amide bonds. The Morgan fingerprint density at radius 1 is 0.420 bits per heavy atom. The number of carbonyl (C=O) groups is 2. The molecule has 0 saturated carbocycles. The maximum atomic E-state index is 14.5. The monoisotopic (exact) mass is 676 g/mol. The Balaban J connectivity index is 1.55. The number of aromatic nitrogens is 1. The second-order valence-corrected chi connectivity index (χ2v) is 11.8. The van der Waals surface area contributed by atoms with E-state index in [9.17, 15) is 35.9 Å². The highest BCUT2D eigenvalue weighted by atomic mass is 19.4. The molecule has 10 heteroatoms. The third kappa shape index (κ3) is 4.70. The van der Waals surface area contributed by atoms with Gasteiger partial charge in [-0.25, -0.2) is 4.90 Å². The number of rotatable bonds is 4. The Morgan fingerprint density at radius 3 is 1.38 bits per heavy atom. The second kappa shape index (κ2) is 11.2. The Bertz CT molecular complexity index is 2400. The minimum absolute atomic E-state index is 0.0297. The summed E-state index contributed by atoms with van der Waals surface area (Å²) in [6.45, 7) is 0. The fraction of sp³-hybridized carbons (Fsp3) is 0.0500. The van der Waals surface area contributed by atoms with Crippen LogP contribution >= 0.6 is 0 Å². The van der Waals surface area contributed by atoms with Crippen LogP contribution in [0.4, 0.5) is 32.0 Å². The van der Waals surface area contributed by atoms with Crippen LogP contribution in [0.3, 0.4) is 0 Å². The summed E-state index contributed by atoms with van der Waals surface area (Å²) < 4.78 is 88.4. The molecular formula is C40H22F6N2O2. The van der Waals surface area contributed by atoms with Gasteiger partial charge in [0.2, 0.25) is 0 Å². The first kappa shape index (κ1) is 31.1. The van der Waals surface area contributed by atoms with Crippen molar-refractivity contribution in [3.8, 4) is 27.9 Å². The lowest BCUT2D eigenvalue weighted by molar-refractivity contribution is -0.137. The smallest absolute Gasteiger partial charge is 0.307 e. The predicted octanol–water partition coefficient (Wildman–Crippen LogP) is 11.0. The summed E-state index contributed by atoms with van der Waals surface area (Å²) >= 11 is 0. The van der Waals surface area contributed by atoms with Crippen molar-refractivity contribution in [2.75, 3.05) is 4.90 Å². The molecule has 7 aromatic rings. The zero-order valence-electron chi connectivity index (χ0n) is 25.7. The highest BCUT2D eigenvalue weighted by molar-refractivity contribution is 6.36. The number of hydrogen-bond donors (Lipinski definition) is 0. The number of nitrogens with zero attached hydrogens (tertiary/aromatic N) is 2. The van der Waals surface area contributed by atoms with E-state index in [1.807, 2.05) is 0 Å². The van der Waals surface area contributed by atoms with Crippen molar-refractivity contribution in [1.82, 2.24) is 4.57 Å². The van der Waals surface area contributed by atoms with Crippen molar-refractivity contribution >= 4 is 39.3 Å². The number of fused-ring (bicyclic) bond motifs is 4. The number of amides is 2. The van der Waals surface area contributed by atoms with Gasteiger partial charge in [0.05, 0.1) is 44.7 Å². The van der Waals surface area contributed by atoms with E-state index in [-0.39, 0.29) is 50.1 Å². The number of anilines is 1. The first-order valence-corrected chi connectivity index (χ1v) is 15.4. The second-order valence-electron chi connectivity index (χ2n) is 11.8. The van der Waals surface area contributed by atoms with E-state index >= 15 is 0 Å². The SMILES string of the molecule is O=C1c2cccc(-n3c4c(-c5ccccc5C(F)(F)F)cccc4c4cccc(-c5ccccc5C(F)(F)F)c43)c2C(=O)N1c1ccccc1. The minimum Gasteiger partial charge on any atom is -0.307 e. The maximum Gasteiger partial charge on any atom is 0.417 e. The van der Waals surface area contributed by atoms with Gasteiger partial charge >= 0.3 is 12.4 Å². The molecule has 0 radical (unpaired) electrons. The number of benzene rings is 6. The molecule has 0 unspecified atom stereocenters. The van der Waals surface area contributed by atoms with E-state index in [0.717, 1.165) is 17.0 Å². The van der Waals surface area contributed by atoms with Crippen molar-refractivity contribution in [3.63, 3.8) is 0 Å². The third-order valence-corrected chi connectivity index (χ3v) is 9.00. The molecule has 6 aromatic carbocycles. The van der Waals surface area contributed by atoms with Gasteiger partial charge in [0, 0.05) is 21.9 Å². The van der Waals surface area contributed by atoms with E-state index in [0.29, 0.717) is 16.5 Å². The molecule has 0 aliphatic carbocycles. The lowest BCUT2D eigenvalue weighted by Gasteiger charge is -2.19. The van der Waals surface area contributed by atoms with E-state index in [1.54, 1.807) is 66.7 Å². The van der Waals surface area contributed by atoms with Gasteiger partial charge < -0.3 is 4.57 Å². The lowest BCUT2D eigenvalue weighted by Crippen LogP contribution is -2.29. The van der Waals surface area contributed by atoms with E-state index < -0.39 is 35.3 Å². The highest BCUT2D eigenvalue weighted by Gasteiger charge is 2.40. The summed E-state index contributed by atoms with van der Waals surface area (Å²) in [6.07, 6.45) is -9.47. The number of para-hydroxylation sites is 3. The van der Waals surface area contributed by atoms with Crippen LogP contribution in [0.25, 0.3) is 49.7 Å². The van der Waals surface area contributed by atoms with Crippen LogP contribution in [0.5, 0.6) is 0 Å². The highest BCUT2D eigenvalue weighted by Crippen LogP contribution is 2.47. The number of imide groups is 1. The zero-order valence-corrected chi connectivity index (χ0v) is 25.7. The van der Waals surface area contributed by atoms with E-state index in [4.69, 9.17) is 0 Å². The van der Waals surface area contributed by atoms with Gasteiger partial charge in [0.25, 0.3) is 11.8 Å². The van der Waals surface area contributed by atoms with Crippen LogP contribution in [0, 0.1) is 0 Å². The quantitative estimate of drug-likeness (QED) is 0.138. The van der Waals surface area contributed by atoms with Crippen molar-refractivity contribution in [3.05, 3.63) is 156 Å². The lowest BCUT2D eigenvalue weighted by atomic mass is 9.96. The summed E-state index contributed by atoms with van der Waals surface area (Å²) in [5, 5.41) is 0.880. The Morgan fingerprint density at radius 2 is 0.860 bits per heavy atom. The molecule has 1 aromatic heterocycles. The molecular weight excluding hydrogens is 654 g/mol. The van der Waals surface area contributed by atoms with Crippen LogP contribution in [0.15, 0.2) is 133 Å². The maximum absolute atomic E-state index is 14.5. The van der Waals surface area contributed by atoms with Crippen molar-refractivity contribution in [2.45, 2.75) is 12.4 Å². The molecule has 8 rings (SSSR count). The fourth-order valence-electron chi connectivity index (χ4n) is 6.99. The molecule has 0 N–H and O–H groups in total. The normalized spacial score (nSPS) is 13.4. The summed E-state index contributed by atoms with van der Waals surface area (Å²) in [5.74, 6) is -1.28. The molecule has 1 aliphatic heterocycles. The van der Waals surface area contributed by atoms with Crippen molar-refractivity contribution < 1.29 is 35.9 Å². The van der Waals surface area contributed by atoms with Gasteiger partial charge in [-0.3, -0.25) is 9.59 Å². The molecule has 2 heterocycles. The number of carbonyl (C=O) groups excluding carboxylic acids is 2. The average molecular weight is 677 g/mol. The predicted molar refractivity (Wildman–Crippen MR) is 179 cm³/mol. The molecule has 0 atom stereocenters. The topological polar surface area (TPSA) is 42.3 Å². The fourth-order valence-corrected chi connectivity index (χ4v) is 6.99. The molecule has 0 fully saturated rings. The summed E-state index contributed by atoms with van der Waals surface area (Å²) in [5.41, 5.74) is -0.956. The molecule has 0 saturated heterocycles. The van der Waals surface area contributed by atoms with Crippen molar-refractivity contribution in [1.29, 1.82) is 0 Å². The third-order valence-electron chi connectivity index (χ3n) is 9.00. The first-order chi connectivity index (χ1) is 24.0. The van der Waals surface area contributed by atoms with Gasteiger partial charge in [-0.1, -0.05) is 97.1 Å². The Hall–Kier alpha value is -6.16. The van der Waals surface area contributed by atoms with E-state index in [1.165, 1.54) is 59.2 Å². The first-order valence-electron chi connectivity index (χ1n) is 15.4. The van der Waals surface area contributed by atoms with Crippen LogP contribution in [0.1, 0.15) is 31.8 Å². The van der Waals surface area contributed by atoms with E-state index in [2.05, 4.69) is 0 Å². The number of alkyl halides is 6. The van der Waals surface area contributed by atoms with Gasteiger partial charge in [-0.2, -0.15) is 26.3 Å². The molecule has 246 valence electrons. The van der Waals surface area contributed by atoms with Gasteiger partial charge in [0.15, 0.2) is 0 Å². The van der Waals surface area contributed by atoms with Gasteiger partial charge in [-0.15, -0.1) is 0 Å². The average Bonchev–Trinajstić information content (AvgIpc) is 3.59. The largest absolute Gasteiger partial charge is 0.417 e. The van der Waals surface area contributed by atoms with Crippen LogP contribution in [-0.2, 0) is 12.4 Å². The molecule has 1 aliphatic rings. The van der Waals surface area contributed by atoms with Crippen LogP contribution in [0.2, 0.25) is 0 Å². The van der Waals surface area contributed by atoms with Gasteiger partial charge in [-0.05, 0) is 47.5 Å². The summed E-state index contributed by atoms with van der Waals surface area (Å²) in [7, 11) is 0. The Kier molecular flexibility index (Phi) is 6.97.